The van der Waals surface area contributed by atoms with E-state index in [9.17, 15) is 9.59 Å². The zero-order chi connectivity index (χ0) is 19.3. The fourth-order valence-corrected chi connectivity index (χ4v) is 3.62. The highest BCUT2D eigenvalue weighted by molar-refractivity contribution is 6.07. The van der Waals surface area contributed by atoms with Gasteiger partial charge in [0.1, 0.15) is 12.1 Å². The van der Waals surface area contributed by atoms with Crippen LogP contribution in [0.4, 0.5) is 4.79 Å². The summed E-state index contributed by atoms with van der Waals surface area (Å²) in [6.45, 7) is 2.18. The van der Waals surface area contributed by atoms with Crippen LogP contribution in [0.3, 0.4) is 0 Å². The highest BCUT2D eigenvalue weighted by atomic mass is 16.7. The molecular formula is C20H18N2O6. The molecular weight excluding hydrogens is 364 g/mol. The molecule has 8 nitrogen and oxygen atoms in total. The molecule has 0 aromatic heterocycles. The minimum Gasteiger partial charge on any atom is -0.486 e. The van der Waals surface area contributed by atoms with Crippen LogP contribution in [-0.2, 0) is 10.3 Å². The Morgan fingerprint density at radius 3 is 2.64 bits per heavy atom. The lowest BCUT2D eigenvalue weighted by atomic mass is 9.91. The minimum atomic E-state index is -1.19. The fraction of sp³-hybridized carbons (Fsp3) is 0.300. The van der Waals surface area contributed by atoms with E-state index < -0.39 is 17.7 Å². The lowest BCUT2D eigenvalue weighted by Crippen LogP contribution is -2.45. The van der Waals surface area contributed by atoms with Crippen LogP contribution in [0.2, 0.25) is 0 Å². The maximum Gasteiger partial charge on any atom is 0.325 e. The molecule has 3 aliphatic rings. The number of ether oxygens (including phenoxy) is 4. The van der Waals surface area contributed by atoms with Crippen LogP contribution in [0.25, 0.3) is 0 Å². The number of nitrogens with zero attached hydrogens (tertiary/aromatic N) is 1. The molecule has 0 unspecified atom stereocenters. The highest BCUT2D eigenvalue weighted by Gasteiger charge is 2.50. The SMILES string of the molecule is C[C@]1(c2ccc3c(c2)OCO3)NC(=O)N(C[C@@H]2COc3ccccc3O2)C1=O. The van der Waals surface area contributed by atoms with Gasteiger partial charge in [-0.25, -0.2) is 4.79 Å². The quantitative estimate of drug-likeness (QED) is 0.818. The Morgan fingerprint density at radius 2 is 1.79 bits per heavy atom. The summed E-state index contributed by atoms with van der Waals surface area (Å²) in [7, 11) is 0. The third-order valence-corrected chi connectivity index (χ3v) is 5.18. The van der Waals surface area contributed by atoms with Gasteiger partial charge in [-0.2, -0.15) is 0 Å². The molecule has 3 heterocycles. The van der Waals surface area contributed by atoms with E-state index in [0.717, 1.165) is 0 Å². The number of fused-ring (bicyclic) bond motifs is 2. The van der Waals surface area contributed by atoms with E-state index in [2.05, 4.69) is 5.32 Å². The van der Waals surface area contributed by atoms with Crippen molar-refractivity contribution in [3.63, 3.8) is 0 Å². The van der Waals surface area contributed by atoms with Gasteiger partial charge in [0.15, 0.2) is 29.1 Å². The molecule has 3 amide bonds. The molecule has 1 N–H and O–H groups in total. The Morgan fingerprint density at radius 1 is 1.04 bits per heavy atom. The number of benzene rings is 2. The largest absolute Gasteiger partial charge is 0.486 e. The smallest absolute Gasteiger partial charge is 0.325 e. The zero-order valence-corrected chi connectivity index (χ0v) is 15.1. The molecule has 0 aliphatic carbocycles. The molecule has 8 heteroatoms. The van der Waals surface area contributed by atoms with E-state index in [-0.39, 0.29) is 25.9 Å². The monoisotopic (exact) mass is 382 g/mol. The standard InChI is InChI=1S/C20H18N2O6/c1-20(12-6-7-15-17(8-12)27-11-26-15)18(23)22(19(24)21-20)9-13-10-25-14-4-2-3-5-16(14)28-13/h2-8,13H,9-11H2,1H3,(H,21,24)/t13-,20-/m1/s1. The van der Waals surface area contributed by atoms with Crippen molar-refractivity contribution in [3.8, 4) is 23.0 Å². The van der Waals surface area contributed by atoms with Crippen molar-refractivity contribution in [3.05, 3.63) is 48.0 Å². The number of carbonyl (C=O) groups is 2. The van der Waals surface area contributed by atoms with Crippen molar-refractivity contribution in [2.75, 3.05) is 19.9 Å². The molecule has 2 aromatic rings. The number of imide groups is 1. The molecule has 1 saturated heterocycles. The summed E-state index contributed by atoms with van der Waals surface area (Å²) >= 11 is 0. The second-order valence-corrected chi connectivity index (χ2v) is 7.04. The first kappa shape index (κ1) is 16.7. The van der Waals surface area contributed by atoms with Crippen LogP contribution in [-0.4, -0.2) is 42.9 Å². The molecule has 28 heavy (non-hydrogen) atoms. The average Bonchev–Trinajstić information content (AvgIpc) is 3.26. The van der Waals surface area contributed by atoms with E-state index >= 15 is 0 Å². The van der Waals surface area contributed by atoms with Gasteiger partial charge < -0.3 is 24.3 Å². The van der Waals surface area contributed by atoms with Gasteiger partial charge >= 0.3 is 6.03 Å². The van der Waals surface area contributed by atoms with Gasteiger partial charge in [-0.1, -0.05) is 18.2 Å². The molecule has 3 aliphatic heterocycles. The number of hydrogen-bond acceptors (Lipinski definition) is 6. The number of carbonyl (C=O) groups excluding carboxylic acids is 2. The third-order valence-electron chi connectivity index (χ3n) is 5.18. The van der Waals surface area contributed by atoms with Gasteiger partial charge in [0, 0.05) is 0 Å². The van der Waals surface area contributed by atoms with Gasteiger partial charge in [-0.15, -0.1) is 0 Å². The molecule has 1 fully saturated rings. The topological polar surface area (TPSA) is 86.3 Å². The number of nitrogens with one attached hydrogen (secondary N) is 1. The maximum atomic E-state index is 13.1. The average molecular weight is 382 g/mol. The first-order valence-corrected chi connectivity index (χ1v) is 8.97. The Kier molecular flexibility index (Phi) is 3.61. The van der Waals surface area contributed by atoms with Crippen LogP contribution in [0.5, 0.6) is 23.0 Å². The predicted molar refractivity (Wildman–Crippen MR) is 96.5 cm³/mol. The van der Waals surface area contributed by atoms with E-state index in [1.54, 1.807) is 31.2 Å². The van der Waals surface area contributed by atoms with Crippen LogP contribution < -0.4 is 24.3 Å². The first-order valence-electron chi connectivity index (χ1n) is 8.97. The summed E-state index contributed by atoms with van der Waals surface area (Å²) in [4.78, 5) is 26.9. The van der Waals surface area contributed by atoms with Crippen molar-refractivity contribution in [2.24, 2.45) is 0 Å². The van der Waals surface area contributed by atoms with Crippen molar-refractivity contribution >= 4 is 11.9 Å². The summed E-state index contributed by atoms with van der Waals surface area (Å²) < 4.78 is 22.3. The summed E-state index contributed by atoms with van der Waals surface area (Å²) in [6.07, 6.45) is -0.441. The summed E-state index contributed by atoms with van der Waals surface area (Å²) in [5.41, 5.74) is -0.561. The van der Waals surface area contributed by atoms with Crippen LogP contribution >= 0.6 is 0 Å². The van der Waals surface area contributed by atoms with Crippen molar-refractivity contribution in [2.45, 2.75) is 18.6 Å². The van der Waals surface area contributed by atoms with E-state index in [1.165, 1.54) is 4.90 Å². The van der Waals surface area contributed by atoms with Gasteiger partial charge in [0.2, 0.25) is 6.79 Å². The summed E-state index contributed by atoms with van der Waals surface area (Å²) in [5.74, 6) is 2.08. The predicted octanol–water partition coefficient (Wildman–Crippen LogP) is 2.02. The molecule has 144 valence electrons. The lowest BCUT2D eigenvalue weighted by Gasteiger charge is -2.29. The Hall–Kier alpha value is -3.42. The molecule has 2 atom stereocenters. The minimum absolute atomic E-state index is 0.0964. The normalized spacial score (nSPS) is 25.0. The molecule has 0 saturated carbocycles. The van der Waals surface area contributed by atoms with Crippen LogP contribution in [0, 0.1) is 0 Å². The second kappa shape index (κ2) is 6.05. The van der Waals surface area contributed by atoms with Crippen LogP contribution in [0.1, 0.15) is 12.5 Å². The number of urea groups is 1. The fourth-order valence-electron chi connectivity index (χ4n) is 3.62. The third kappa shape index (κ3) is 2.52. The van der Waals surface area contributed by atoms with E-state index in [1.807, 2.05) is 18.2 Å². The number of amides is 3. The molecule has 0 spiro atoms. The number of para-hydroxylation sites is 2. The number of hydrogen-bond donors (Lipinski definition) is 1. The zero-order valence-electron chi connectivity index (χ0n) is 15.1. The highest BCUT2D eigenvalue weighted by Crippen LogP contribution is 2.38. The van der Waals surface area contributed by atoms with E-state index in [4.69, 9.17) is 18.9 Å². The Labute approximate surface area is 160 Å². The summed E-state index contributed by atoms with van der Waals surface area (Å²) in [6, 6.07) is 12.1. The van der Waals surface area contributed by atoms with Gasteiger partial charge in [-0.05, 0) is 36.8 Å². The first-order chi connectivity index (χ1) is 13.5. The molecule has 2 aromatic carbocycles. The second-order valence-electron chi connectivity index (χ2n) is 7.04. The van der Waals surface area contributed by atoms with Crippen molar-refractivity contribution < 1.29 is 28.5 Å². The lowest BCUT2D eigenvalue weighted by molar-refractivity contribution is -0.132. The Bertz CT molecular complexity index is 977. The van der Waals surface area contributed by atoms with Gasteiger partial charge in [0.25, 0.3) is 5.91 Å². The van der Waals surface area contributed by atoms with Crippen LogP contribution in [0.15, 0.2) is 42.5 Å². The Balaban J connectivity index is 1.36. The van der Waals surface area contributed by atoms with Crippen molar-refractivity contribution in [1.82, 2.24) is 10.2 Å². The van der Waals surface area contributed by atoms with E-state index in [0.29, 0.717) is 28.6 Å². The van der Waals surface area contributed by atoms with Crippen molar-refractivity contribution in [1.29, 1.82) is 0 Å². The number of rotatable bonds is 3. The van der Waals surface area contributed by atoms with Gasteiger partial charge in [0.05, 0.1) is 6.54 Å². The van der Waals surface area contributed by atoms with Gasteiger partial charge in [-0.3, -0.25) is 9.69 Å². The molecule has 5 rings (SSSR count). The molecule has 0 radical (unpaired) electrons. The maximum absolute atomic E-state index is 13.1. The summed E-state index contributed by atoms with van der Waals surface area (Å²) in [5, 5.41) is 2.79. The molecule has 0 bridgehead atoms.